The molecule has 0 spiro atoms. The van der Waals surface area contributed by atoms with Crippen molar-refractivity contribution in [1.29, 1.82) is 0 Å². The first-order chi connectivity index (χ1) is 9.00. The predicted molar refractivity (Wildman–Crippen MR) is 72.9 cm³/mol. The van der Waals surface area contributed by atoms with Crippen LogP contribution in [-0.4, -0.2) is 20.4 Å². The maximum absolute atomic E-state index is 5.48. The molecule has 0 aliphatic rings. The van der Waals surface area contributed by atoms with Crippen molar-refractivity contribution in [2.45, 2.75) is 52.5 Å². The molecule has 0 saturated carbocycles. The van der Waals surface area contributed by atoms with Gasteiger partial charge >= 0.3 is 6.01 Å². The van der Waals surface area contributed by atoms with E-state index in [1.54, 1.807) is 0 Å². The van der Waals surface area contributed by atoms with Crippen LogP contribution >= 0.6 is 0 Å². The molecule has 0 amide bonds. The van der Waals surface area contributed by atoms with Gasteiger partial charge in [-0.05, 0) is 6.42 Å². The summed E-state index contributed by atoms with van der Waals surface area (Å²) in [6, 6.07) is 0.463. The van der Waals surface area contributed by atoms with Crippen LogP contribution in [-0.2, 0) is 18.4 Å². The zero-order valence-corrected chi connectivity index (χ0v) is 11.9. The van der Waals surface area contributed by atoms with Crippen molar-refractivity contribution in [2.75, 3.05) is 5.32 Å². The maximum atomic E-state index is 5.48. The fraction of sp³-hybridized carbons (Fsp3) is 0.615. The molecule has 2 heterocycles. The van der Waals surface area contributed by atoms with Crippen molar-refractivity contribution in [3.63, 3.8) is 0 Å². The second-order valence-electron chi connectivity index (χ2n) is 5.62. The van der Waals surface area contributed by atoms with Gasteiger partial charge in [0.15, 0.2) is 0 Å². The van der Waals surface area contributed by atoms with E-state index in [2.05, 4.69) is 53.4 Å². The summed E-state index contributed by atoms with van der Waals surface area (Å²) >= 11 is 0. The molecule has 0 aliphatic heterocycles. The summed E-state index contributed by atoms with van der Waals surface area (Å²) in [6.07, 6.45) is 3.64. The Morgan fingerprint density at radius 1 is 1.32 bits per heavy atom. The SMILES string of the molecule is CCCc1nnc(NCc2cn[nH]c2C(C)(C)C)o1. The van der Waals surface area contributed by atoms with Crippen molar-refractivity contribution >= 4 is 6.01 Å². The molecule has 2 aromatic rings. The fourth-order valence-corrected chi connectivity index (χ4v) is 1.91. The standard InChI is InChI=1S/C13H21N5O/c1-5-6-10-16-18-12(19-10)14-7-9-8-15-17-11(9)13(2,3)4/h8H,5-7H2,1-4H3,(H,14,18)(H,15,17). The molecule has 2 aromatic heterocycles. The summed E-state index contributed by atoms with van der Waals surface area (Å²) in [4.78, 5) is 0. The van der Waals surface area contributed by atoms with E-state index >= 15 is 0 Å². The molecular weight excluding hydrogens is 242 g/mol. The highest BCUT2D eigenvalue weighted by Gasteiger charge is 2.20. The molecule has 0 aromatic carbocycles. The molecule has 104 valence electrons. The summed E-state index contributed by atoms with van der Waals surface area (Å²) in [7, 11) is 0. The fourth-order valence-electron chi connectivity index (χ4n) is 1.91. The lowest BCUT2D eigenvalue weighted by Gasteiger charge is -2.18. The van der Waals surface area contributed by atoms with Crippen molar-refractivity contribution in [3.8, 4) is 0 Å². The molecule has 0 saturated heterocycles. The van der Waals surface area contributed by atoms with E-state index in [1.807, 2.05) is 6.20 Å². The highest BCUT2D eigenvalue weighted by Crippen LogP contribution is 2.23. The Bertz CT molecular complexity index is 523. The maximum Gasteiger partial charge on any atom is 0.315 e. The van der Waals surface area contributed by atoms with Gasteiger partial charge in [-0.1, -0.05) is 32.8 Å². The molecule has 0 unspecified atom stereocenters. The Kier molecular flexibility index (Phi) is 3.87. The van der Waals surface area contributed by atoms with Crippen LogP contribution in [0.25, 0.3) is 0 Å². The number of anilines is 1. The van der Waals surface area contributed by atoms with Gasteiger partial charge < -0.3 is 9.73 Å². The summed E-state index contributed by atoms with van der Waals surface area (Å²) in [5.74, 6) is 0.674. The zero-order chi connectivity index (χ0) is 13.9. The van der Waals surface area contributed by atoms with Gasteiger partial charge in [-0.2, -0.15) is 5.10 Å². The molecular formula is C13H21N5O. The molecule has 0 aliphatic carbocycles. The third-order valence-electron chi connectivity index (χ3n) is 2.83. The van der Waals surface area contributed by atoms with E-state index in [1.165, 1.54) is 0 Å². The van der Waals surface area contributed by atoms with E-state index in [0.717, 1.165) is 24.1 Å². The largest absolute Gasteiger partial charge is 0.408 e. The minimum Gasteiger partial charge on any atom is -0.408 e. The predicted octanol–water partition coefficient (Wildman–Crippen LogP) is 2.65. The average molecular weight is 263 g/mol. The van der Waals surface area contributed by atoms with Crippen molar-refractivity contribution < 1.29 is 4.42 Å². The minimum absolute atomic E-state index is 0.0374. The molecule has 2 N–H and O–H groups in total. The molecule has 0 bridgehead atoms. The number of rotatable bonds is 5. The van der Waals surface area contributed by atoms with E-state index in [-0.39, 0.29) is 5.41 Å². The van der Waals surface area contributed by atoms with Gasteiger partial charge in [0.25, 0.3) is 0 Å². The zero-order valence-electron chi connectivity index (χ0n) is 11.9. The molecule has 2 rings (SSSR count). The number of hydrogen-bond acceptors (Lipinski definition) is 5. The normalized spacial score (nSPS) is 11.8. The van der Waals surface area contributed by atoms with E-state index in [0.29, 0.717) is 18.5 Å². The first-order valence-corrected chi connectivity index (χ1v) is 6.59. The third-order valence-corrected chi connectivity index (χ3v) is 2.83. The number of H-pyrrole nitrogens is 1. The van der Waals surface area contributed by atoms with Gasteiger partial charge in [-0.15, -0.1) is 5.10 Å². The molecule has 6 nitrogen and oxygen atoms in total. The number of hydrogen-bond donors (Lipinski definition) is 2. The Morgan fingerprint density at radius 2 is 2.11 bits per heavy atom. The average Bonchev–Trinajstić information content (AvgIpc) is 2.94. The topological polar surface area (TPSA) is 79.6 Å². The Hall–Kier alpha value is -1.85. The number of nitrogens with one attached hydrogen (secondary N) is 2. The molecule has 19 heavy (non-hydrogen) atoms. The summed E-state index contributed by atoms with van der Waals surface area (Å²) in [6.45, 7) is 9.15. The van der Waals surface area contributed by atoms with Gasteiger partial charge in [-0.25, -0.2) is 0 Å². The summed E-state index contributed by atoms with van der Waals surface area (Å²) in [5, 5.41) is 18.2. The Labute approximate surface area is 113 Å². The van der Waals surface area contributed by atoms with Crippen LogP contribution in [0.1, 0.15) is 51.3 Å². The van der Waals surface area contributed by atoms with Crippen LogP contribution in [0.3, 0.4) is 0 Å². The molecule has 0 fully saturated rings. The van der Waals surface area contributed by atoms with Crippen molar-refractivity contribution in [1.82, 2.24) is 20.4 Å². The monoisotopic (exact) mass is 263 g/mol. The highest BCUT2D eigenvalue weighted by molar-refractivity contribution is 5.28. The smallest absolute Gasteiger partial charge is 0.315 e. The quantitative estimate of drug-likeness (QED) is 0.867. The lowest BCUT2D eigenvalue weighted by molar-refractivity contribution is 0.500. The summed E-state index contributed by atoms with van der Waals surface area (Å²) in [5.41, 5.74) is 2.27. The van der Waals surface area contributed by atoms with Gasteiger partial charge in [0.2, 0.25) is 5.89 Å². The molecule has 0 atom stereocenters. The van der Waals surface area contributed by atoms with Crippen LogP contribution in [0.15, 0.2) is 10.6 Å². The Morgan fingerprint density at radius 3 is 2.79 bits per heavy atom. The van der Waals surface area contributed by atoms with Crippen molar-refractivity contribution in [2.24, 2.45) is 0 Å². The van der Waals surface area contributed by atoms with Crippen LogP contribution in [0.2, 0.25) is 0 Å². The van der Waals surface area contributed by atoms with E-state index in [9.17, 15) is 0 Å². The number of aryl methyl sites for hydroxylation is 1. The number of aromatic amines is 1. The molecule has 0 radical (unpaired) electrons. The first-order valence-electron chi connectivity index (χ1n) is 6.59. The third kappa shape index (κ3) is 3.33. The van der Waals surface area contributed by atoms with Crippen LogP contribution < -0.4 is 5.32 Å². The van der Waals surface area contributed by atoms with E-state index in [4.69, 9.17) is 4.42 Å². The van der Waals surface area contributed by atoms with Crippen molar-refractivity contribution in [3.05, 3.63) is 23.3 Å². The molecule has 6 heteroatoms. The second-order valence-corrected chi connectivity index (χ2v) is 5.62. The van der Waals surface area contributed by atoms with Gasteiger partial charge in [0, 0.05) is 29.6 Å². The van der Waals surface area contributed by atoms with Crippen LogP contribution in [0.5, 0.6) is 0 Å². The minimum atomic E-state index is 0.0374. The first kappa shape index (κ1) is 13.6. The Balaban J connectivity index is 2.00. The van der Waals surface area contributed by atoms with Gasteiger partial charge in [0.1, 0.15) is 0 Å². The lowest BCUT2D eigenvalue weighted by atomic mass is 9.89. The van der Waals surface area contributed by atoms with Crippen LogP contribution in [0, 0.1) is 0 Å². The highest BCUT2D eigenvalue weighted by atomic mass is 16.4. The van der Waals surface area contributed by atoms with Crippen LogP contribution in [0.4, 0.5) is 6.01 Å². The van der Waals surface area contributed by atoms with E-state index < -0.39 is 0 Å². The second kappa shape index (κ2) is 5.42. The lowest BCUT2D eigenvalue weighted by Crippen LogP contribution is -2.15. The number of aromatic nitrogens is 4. The van der Waals surface area contributed by atoms with Gasteiger partial charge in [-0.3, -0.25) is 5.10 Å². The number of nitrogens with zero attached hydrogens (tertiary/aromatic N) is 3. The summed E-state index contributed by atoms with van der Waals surface area (Å²) < 4.78 is 5.48. The van der Waals surface area contributed by atoms with Gasteiger partial charge in [0.05, 0.1) is 6.20 Å².